The van der Waals surface area contributed by atoms with Crippen molar-refractivity contribution in [1.82, 2.24) is 4.90 Å². The van der Waals surface area contributed by atoms with Crippen LogP contribution in [0.3, 0.4) is 0 Å². The zero-order valence-electron chi connectivity index (χ0n) is 13.9. The van der Waals surface area contributed by atoms with E-state index in [1.54, 1.807) is 18.0 Å². The van der Waals surface area contributed by atoms with Gasteiger partial charge in [0.2, 0.25) is 5.91 Å². The van der Waals surface area contributed by atoms with Gasteiger partial charge in [0.05, 0.1) is 10.9 Å². The van der Waals surface area contributed by atoms with Gasteiger partial charge in [0, 0.05) is 24.1 Å². The summed E-state index contributed by atoms with van der Waals surface area (Å²) in [5, 5.41) is 2.74. The molecule has 0 aromatic heterocycles. The molecule has 0 radical (unpaired) electrons. The number of thioether (sulfide) groups is 1. The largest absolute Gasteiger partial charge is 0.341 e. The molecule has 23 heavy (non-hydrogen) atoms. The SMILES string of the molecule is CC1Sc2ccc(C(=O)N(C)CC(C)(C)CN)cc2NC1=O.Cl. The maximum atomic E-state index is 12.5. The zero-order chi connectivity index (χ0) is 16.5. The first-order valence-electron chi connectivity index (χ1n) is 7.30. The summed E-state index contributed by atoms with van der Waals surface area (Å²) in [6, 6.07) is 5.45. The lowest BCUT2D eigenvalue weighted by atomic mass is 9.93. The van der Waals surface area contributed by atoms with Gasteiger partial charge in [-0.3, -0.25) is 9.59 Å². The van der Waals surface area contributed by atoms with Crippen LogP contribution in [-0.4, -0.2) is 42.1 Å². The second kappa shape index (κ2) is 7.55. The molecule has 1 unspecified atom stereocenters. The number of halogens is 1. The number of amides is 2. The molecule has 7 heteroatoms. The lowest BCUT2D eigenvalue weighted by Crippen LogP contribution is -2.39. The third-order valence-electron chi connectivity index (χ3n) is 3.72. The summed E-state index contributed by atoms with van der Waals surface area (Å²) in [5.74, 6) is -0.0954. The molecule has 1 aromatic rings. The van der Waals surface area contributed by atoms with E-state index >= 15 is 0 Å². The molecule has 1 aliphatic rings. The number of hydrogen-bond acceptors (Lipinski definition) is 4. The molecule has 0 aliphatic carbocycles. The average Bonchev–Trinajstić information content (AvgIpc) is 2.46. The standard InChI is InChI=1S/C16H23N3O2S.ClH/c1-10-14(20)18-12-7-11(5-6-13(12)22-10)15(21)19(4)9-16(2,3)8-17;/h5-7,10H,8-9,17H2,1-4H3,(H,18,20);1H. The molecule has 0 saturated heterocycles. The predicted octanol–water partition coefficient (Wildman–Crippen LogP) is 2.60. The Hall–Kier alpha value is -1.24. The van der Waals surface area contributed by atoms with Gasteiger partial charge in [0.25, 0.3) is 5.91 Å². The van der Waals surface area contributed by atoms with Crippen LogP contribution in [-0.2, 0) is 4.79 Å². The molecule has 128 valence electrons. The summed E-state index contributed by atoms with van der Waals surface area (Å²) in [5.41, 5.74) is 6.88. The Balaban J connectivity index is 0.00000264. The van der Waals surface area contributed by atoms with Gasteiger partial charge in [-0.2, -0.15) is 0 Å². The molecule has 5 nitrogen and oxygen atoms in total. The lowest BCUT2D eigenvalue weighted by Gasteiger charge is -2.29. The number of nitrogens with zero attached hydrogens (tertiary/aromatic N) is 1. The normalized spacial score (nSPS) is 16.9. The monoisotopic (exact) mass is 357 g/mol. The second-order valence-corrected chi connectivity index (χ2v) is 7.87. The first-order valence-corrected chi connectivity index (χ1v) is 8.18. The maximum Gasteiger partial charge on any atom is 0.253 e. The molecular weight excluding hydrogens is 334 g/mol. The fourth-order valence-electron chi connectivity index (χ4n) is 2.34. The van der Waals surface area contributed by atoms with Crippen molar-refractivity contribution < 1.29 is 9.59 Å². The number of nitrogens with two attached hydrogens (primary N) is 1. The minimum Gasteiger partial charge on any atom is -0.341 e. The zero-order valence-corrected chi connectivity index (χ0v) is 15.5. The summed E-state index contributed by atoms with van der Waals surface area (Å²) in [7, 11) is 1.77. The van der Waals surface area contributed by atoms with Crippen LogP contribution in [0.1, 0.15) is 31.1 Å². The Morgan fingerprint density at radius 1 is 1.43 bits per heavy atom. The predicted molar refractivity (Wildman–Crippen MR) is 97.4 cm³/mol. The minimum atomic E-state index is -0.127. The first-order chi connectivity index (χ1) is 10.2. The van der Waals surface area contributed by atoms with E-state index in [9.17, 15) is 9.59 Å². The molecule has 2 rings (SSSR count). The first kappa shape index (κ1) is 19.8. The van der Waals surface area contributed by atoms with Gasteiger partial charge in [0.1, 0.15) is 0 Å². The smallest absolute Gasteiger partial charge is 0.253 e. The highest BCUT2D eigenvalue weighted by Gasteiger charge is 2.25. The molecule has 0 bridgehead atoms. The van der Waals surface area contributed by atoms with Crippen LogP contribution in [0.25, 0.3) is 0 Å². The van der Waals surface area contributed by atoms with Crippen molar-refractivity contribution in [2.24, 2.45) is 11.1 Å². The molecule has 1 aromatic carbocycles. The fourth-order valence-corrected chi connectivity index (χ4v) is 3.27. The molecule has 1 aliphatic heterocycles. The van der Waals surface area contributed by atoms with Crippen molar-refractivity contribution >= 4 is 41.7 Å². The topological polar surface area (TPSA) is 75.4 Å². The van der Waals surface area contributed by atoms with Gasteiger partial charge in [-0.1, -0.05) is 13.8 Å². The molecular formula is C16H24ClN3O2S. The van der Waals surface area contributed by atoms with E-state index in [1.165, 1.54) is 11.8 Å². The van der Waals surface area contributed by atoms with Gasteiger partial charge in [-0.25, -0.2) is 0 Å². The number of nitrogens with one attached hydrogen (secondary N) is 1. The van der Waals surface area contributed by atoms with Crippen molar-refractivity contribution in [2.45, 2.75) is 30.9 Å². The van der Waals surface area contributed by atoms with Gasteiger partial charge in [-0.05, 0) is 37.1 Å². The van der Waals surface area contributed by atoms with E-state index < -0.39 is 0 Å². The lowest BCUT2D eigenvalue weighted by molar-refractivity contribution is -0.115. The van der Waals surface area contributed by atoms with Crippen molar-refractivity contribution in [3.8, 4) is 0 Å². The average molecular weight is 358 g/mol. The molecule has 0 saturated carbocycles. The van der Waals surface area contributed by atoms with Gasteiger partial charge in [0.15, 0.2) is 0 Å². The summed E-state index contributed by atoms with van der Waals surface area (Å²) in [6.07, 6.45) is 0. The van der Waals surface area contributed by atoms with Crippen molar-refractivity contribution in [1.29, 1.82) is 0 Å². The van der Waals surface area contributed by atoms with Gasteiger partial charge >= 0.3 is 0 Å². The Morgan fingerprint density at radius 3 is 2.70 bits per heavy atom. The van der Waals surface area contributed by atoms with Crippen LogP contribution in [0.15, 0.2) is 23.1 Å². The number of rotatable bonds is 4. The number of carbonyl (C=O) groups excluding carboxylic acids is 2. The van der Waals surface area contributed by atoms with E-state index in [2.05, 4.69) is 5.32 Å². The second-order valence-electron chi connectivity index (χ2n) is 6.49. The molecule has 0 fully saturated rings. The Morgan fingerprint density at radius 2 is 2.09 bits per heavy atom. The van der Waals surface area contributed by atoms with E-state index in [4.69, 9.17) is 5.73 Å². The Labute approximate surface area is 147 Å². The Bertz CT molecular complexity index is 607. The van der Waals surface area contributed by atoms with Gasteiger partial charge in [-0.15, -0.1) is 24.2 Å². The van der Waals surface area contributed by atoms with E-state index in [0.29, 0.717) is 24.3 Å². The molecule has 1 heterocycles. The van der Waals surface area contributed by atoms with Crippen molar-refractivity contribution in [3.63, 3.8) is 0 Å². The number of anilines is 1. The van der Waals surface area contributed by atoms with Gasteiger partial charge < -0.3 is 16.0 Å². The Kier molecular flexibility index (Phi) is 6.50. The van der Waals surface area contributed by atoms with E-state index in [-0.39, 0.29) is 34.9 Å². The van der Waals surface area contributed by atoms with Crippen LogP contribution in [0.2, 0.25) is 0 Å². The van der Waals surface area contributed by atoms with Crippen LogP contribution < -0.4 is 11.1 Å². The van der Waals surface area contributed by atoms with E-state index in [0.717, 1.165) is 4.90 Å². The molecule has 2 amide bonds. The van der Waals surface area contributed by atoms with Crippen molar-refractivity contribution in [3.05, 3.63) is 23.8 Å². The van der Waals surface area contributed by atoms with E-state index in [1.807, 2.05) is 32.9 Å². The number of fused-ring (bicyclic) bond motifs is 1. The van der Waals surface area contributed by atoms with Crippen LogP contribution in [0.4, 0.5) is 5.69 Å². The molecule has 3 N–H and O–H groups in total. The molecule has 0 spiro atoms. The fraction of sp³-hybridized carbons (Fsp3) is 0.500. The summed E-state index contributed by atoms with van der Waals surface area (Å²) in [6.45, 7) is 7.02. The summed E-state index contributed by atoms with van der Waals surface area (Å²) >= 11 is 1.51. The summed E-state index contributed by atoms with van der Waals surface area (Å²) < 4.78 is 0. The highest BCUT2D eigenvalue weighted by Crippen LogP contribution is 2.36. The third kappa shape index (κ3) is 4.62. The van der Waals surface area contributed by atoms with Crippen LogP contribution in [0, 0.1) is 5.41 Å². The maximum absolute atomic E-state index is 12.5. The molecule has 1 atom stereocenters. The summed E-state index contributed by atoms with van der Waals surface area (Å²) in [4.78, 5) is 27.0. The minimum absolute atomic E-state index is 0. The highest BCUT2D eigenvalue weighted by molar-refractivity contribution is 8.00. The quantitative estimate of drug-likeness (QED) is 0.868. The third-order valence-corrected chi connectivity index (χ3v) is 4.90. The van der Waals surface area contributed by atoms with Crippen molar-refractivity contribution in [2.75, 3.05) is 25.5 Å². The number of hydrogen-bond donors (Lipinski definition) is 2. The van der Waals surface area contributed by atoms with Crippen LogP contribution >= 0.6 is 24.2 Å². The highest BCUT2D eigenvalue weighted by atomic mass is 35.5. The number of carbonyl (C=O) groups is 2. The number of benzene rings is 1. The van der Waals surface area contributed by atoms with Crippen LogP contribution in [0.5, 0.6) is 0 Å².